The van der Waals surface area contributed by atoms with E-state index in [1.54, 1.807) is 12.1 Å². The van der Waals surface area contributed by atoms with Crippen molar-refractivity contribution in [3.8, 4) is 0 Å². The molecule has 14 heavy (non-hydrogen) atoms. The van der Waals surface area contributed by atoms with Gasteiger partial charge in [0.1, 0.15) is 5.69 Å². The zero-order chi connectivity index (χ0) is 10.3. The zero-order valence-electron chi connectivity index (χ0n) is 6.69. The van der Waals surface area contributed by atoms with E-state index in [9.17, 15) is 13.2 Å². The second kappa shape index (κ2) is 2.98. The van der Waals surface area contributed by atoms with Gasteiger partial charge >= 0.3 is 6.18 Å². The van der Waals surface area contributed by atoms with Gasteiger partial charge < -0.3 is 0 Å². The van der Waals surface area contributed by atoms with Gasteiger partial charge in [0.2, 0.25) is 0 Å². The topological polar surface area (TPSA) is 28.7 Å². The van der Waals surface area contributed by atoms with Crippen LogP contribution in [0.2, 0.25) is 0 Å². The molecule has 0 aliphatic carbocycles. The van der Waals surface area contributed by atoms with Gasteiger partial charge in [-0.15, -0.1) is 0 Å². The van der Waals surface area contributed by atoms with E-state index in [1.807, 2.05) is 5.10 Å². The molecule has 2 nitrogen and oxygen atoms in total. The molecule has 0 amide bonds. The Kier molecular flexibility index (Phi) is 2.02. The quantitative estimate of drug-likeness (QED) is 0.777. The standard InChI is InChI=1S/C8H4BrF3N2/c9-4-2-1-3-5-6(4)7(14-13-5)8(10,11)12/h1-3H,(H,13,14). The van der Waals surface area contributed by atoms with Crippen LogP contribution in [0.15, 0.2) is 22.7 Å². The van der Waals surface area contributed by atoms with E-state index < -0.39 is 11.9 Å². The van der Waals surface area contributed by atoms with Gasteiger partial charge in [-0.3, -0.25) is 5.10 Å². The molecule has 74 valence electrons. The SMILES string of the molecule is FC(F)(F)c1[nH]nc2cccc(Br)c12. The Balaban J connectivity index is 2.80. The average Bonchev–Trinajstić information content (AvgIpc) is 2.47. The summed E-state index contributed by atoms with van der Waals surface area (Å²) < 4.78 is 37.7. The van der Waals surface area contributed by atoms with E-state index in [4.69, 9.17) is 0 Å². The summed E-state index contributed by atoms with van der Waals surface area (Å²) in [6.07, 6.45) is -4.40. The molecule has 2 rings (SSSR count). The predicted molar refractivity (Wildman–Crippen MR) is 48.8 cm³/mol. The highest BCUT2D eigenvalue weighted by molar-refractivity contribution is 9.10. The smallest absolute Gasteiger partial charge is 0.272 e. The fourth-order valence-electron chi connectivity index (χ4n) is 1.23. The molecule has 0 fully saturated rings. The largest absolute Gasteiger partial charge is 0.433 e. The molecule has 0 saturated carbocycles. The van der Waals surface area contributed by atoms with E-state index in [0.29, 0.717) is 9.99 Å². The van der Waals surface area contributed by atoms with Crippen LogP contribution in [0.5, 0.6) is 0 Å². The van der Waals surface area contributed by atoms with Gasteiger partial charge in [0.25, 0.3) is 0 Å². The Morgan fingerprint density at radius 1 is 1.29 bits per heavy atom. The van der Waals surface area contributed by atoms with Crippen LogP contribution in [0, 0.1) is 0 Å². The fraction of sp³-hybridized carbons (Fsp3) is 0.125. The molecule has 0 unspecified atom stereocenters. The number of alkyl halides is 3. The second-order valence-electron chi connectivity index (χ2n) is 2.73. The van der Waals surface area contributed by atoms with Gasteiger partial charge in [0.05, 0.1) is 5.52 Å². The molecule has 0 radical (unpaired) electrons. The molecular weight excluding hydrogens is 261 g/mol. The Bertz CT molecular complexity index is 475. The van der Waals surface area contributed by atoms with Gasteiger partial charge in [0, 0.05) is 9.86 Å². The Morgan fingerprint density at radius 3 is 2.64 bits per heavy atom. The maximum atomic E-state index is 12.4. The molecule has 1 aromatic heterocycles. The summed E-state index contributed by atoms with van der Waals surface area (Å²) in [7, 11) is 0. The van der Waals surface area contributed by atoms with Crippen molar-refractivity contribution < 1.29 is 13.2 Å². The highest BCUT2D eigenvalue weighted by atomic mass is 79.9. The molecule has 0 aliphatic heterocycles. The van der Waals surface area contributed by atoms with Crippen molar-refractivity contribution in [2.75, 3.05) is 0 Å². The maximum absolute atomic E-state index is 12.4. The molecule has 6 heteroatoms. The first-order chi connectivity index (χ1) is 6.50. The lowest BCUT2D eigenvalue weighted by atomic mass is 10.2. The number of nitrogens with one attached hydrogen (secondary N) is 1. The van der Waals surface area contributed by atoms with Crippen molar-refractivity contribution in [1.82, 2.24) is 10.2 Å². The second-order valence-corrected chi connectivity index (χ2v) is 3.58. The van der Waals surface area contributed by atoms with Gasteiger partial charge in [-0.2, -0.15) is 18.3 Å². The number of rotatable bonds is 0. The third-order valence-corrected chi connectivity index (χ3v) is 2.47. The van der Waals surface area contributed by atoms with Crippen molar-refractivity contribution in [2.24, 2.45) is 0 Å². The number of aromatic amines is 1. The van der Waals surface area contributed by atoms with Crippen molar-refractivity contribution in [2.45, 2.75) is 6.18 Å². The lowest BCUT2D eigenvalue weighted by Crippen LogP contribution is -2.05. The minimum absolute atomic E-state index is 0.0694. The Labute approximate surface area is 85.2 Å². The van der Waals surface area contributed by atoms with Gasteiger partial charge in [-0.25, -0.2) is 0 Å². The fourth-order valence-corrected chi connectivity index (χ4v) is 1.78. The average molecular weight is 265 g/mol. The third-order valence-electron chi connectivity index (χ3n) is 1.81. The van der Waals surface area contributed by atoms with Crippen molar-refractivity contribution in [3.63, 3.8) is 0 Å². The maximum Gasteiger partial charge on any atom is 0.433 e. The van der Waals surface area contributed by atoms with Crippen LogP contribution in [0.3, 0.4) is 0 Å². The minimum Gasteiger partial charge on any atom is -0.272 e. The minimum atomic E-state index is -4.40. The summed E-state index contributed by atoms with van der Waals surface area (Å²) in [5, 5.41) is 5.63. The summed E-state index contributed by atoms with van der Waals surface area (Å²) in [5.74, 6) is 0. The van der Waals surface area contributed by atoms with E-state index in [2.05, 4.69) is 21.0 Å². The van der Waals surface area contributed by atoms with Crippen LogP contribution >= 0.6 is 15.9 Å². The van der Waals surface area contributed by atoms with Crippen molar-refractivity contribution in [3.05, 3.63) is 28.4 Å². The van der Waals surface area contributed by atoms with E-state index in [0.717, 1.165) is 0 Å². The van der Waals surface area contributed by atoms with Gasteiger partial charge in [-0.1, -0.05) is 22.0 Å². The van der Waals surface area contributed by atoms with Crippen LogP contribution in [0.4, 0.5) is 13.2 Å². The first-order valence-electron chi connectivity index (χ1n) is 3.70. The zero-order valence-corrected chi connectivity index (χ0v) is 8.28. The molecule has 0 aliphatic rings. The summed E-state index contributed by atoms with van der Waals surface area (Å²) in [6, 6.07) is 4.70. The summed E-state index contributed by atoms with van der Waals surface area (Å²) in [6.45, 7) is 0. The summed E-state index contributed by atoms with van der Waals surface area (Å²) in [5.41, 5.74) is -0.522. The summed E-state index contributed by atoms with van der Waals surface area (Å²) in [4.78, 5) is 0. The van der Waals surface area contributed by atoms with Crippen molar-refractivity contribution >= 4 is 26.8 Å². The number of aromatic nitrogens is 2. The first kappa shape index (κ1) is 9.51. The highest BCUT2D eigenvalue weighted by Crippen LogP contribution is 2.36. The number of hydrogen-bond donors (Lipinski definition) is 1. The molecule has 0 saturated heterocycles. The van der Waals surface area contributed by atoms with E-state index in [-0.39, 0.29) is 5.39 Å². The van der Waals surface area contributed by atoms with Crippen LogP contribution in [-0.4, -0.2) is 10.2 Å². The number of halogens is 4. The normalized spacial score (nSPS) is 12.3. The van der Waals surface area contributed by atoms with E-state index in [1.165, 1.54) is 6.07 Å². The number of H-pyrrole nitrogens is 1. The monoisotopic (exact) mass is 264 g/mol. The van der Waals surface area contributed by atoms with E-state index >= 15 is 0 Å². The van der Waals surface area contributed by atoms with Crippen LogP contribution in [-0.2, 0) is 6.18 Å². The third kappa shape index (κ3) is 1.39. The number of fused-ring (bicyclic) bond motifs is 1. The molecule has 0 spiro atoms. The Morgan fingerprint density at radius 2 is 2.00 bits per heavy atom. The molecular formula is C8H4BrF3N2. The first-order valence-corrected chi connectivity index (χ1v) is 4.49. The van der Waals surface area contributed by atoms with Crippen molar-refractivity contribution in [1.29, 1.82) is 0 Å². The summed E-state index contributed by atoms with van der Waals surface area (Å²) >= 11 is 3.06. The molecule has 0 atom stereocenters. The van der Waals surface area contributed by atoms with Gasteiger partial charge in [-0.05, 0) is 12.1 Å². The molecule has 1 heterocycles. The molecule has 2 aromatic rings. The van der Waals surface area contributed by atoms with Crippen LogP contribution in [0.25, 0.3) is 10.9 Å². The molecule has 1 N–H and O–H groups in total. The predicted octanol–water partition coefficient (Wildman–Crippen LogP) is 3.34. The van der Waals surface area contributed by atoms with Gasteiger partial charge in [0.15, 0.2) is 0 Å². The molecule has 0 bridgehead atoms. The lowest BCUT2D eigenvalue weighted by Gasteiger charge is -2.03. The van der Waals surface area contributed by atoms with Crippen LogP contribution in [0.1, 0.15) is 5.69 Å². The lowest BCUT2D eigenvalue weighted by molar-refractivity contribution is -0.139. The number of nitrogens with zero attached hydrogens (tertiary/aromatic N) is 1. The molecule has 1 aromatic carbocycles. The highest BCUT2D eigenvalue weighted by Gasteiger charge is 2.35. The number of hydrogen-bond acceptors (Lipinski definition) is 1. The van der Waals surface area contributed by atoms with Crippen LogP contribution < -0.4 is 0 Å². The Hall–Kier alpha value is -1.04. The number of benzene rings is 1.